The van der Waals surface area contributed by atoms with Crippen LogP contribution in [0.2, 0.25) is 0 Å². The Morgan fingerprint density at radius 3 is 2.54 bits per heavy atom. The van der Waals surface area contributed by atoms with E-state index in [1.165, 1.54) is 19.2 Å². The number of carbonyl (C=O) groups excluding carboxylic acids is 1. The number of terminal acetylenes is 1. The van der Waals surface area contributed by atoms with Crippen LogP contribution in [-0.4, -0.2) is 70.0 Å². The van der Waals surface area contributed by atoms with Crippen LogP contribution in [0.25, 0.3) is 0 Å². The van der Waals surface area contributed by atoms with Gasteiger partial charge in [-0.05, 0) is 48.0 Å². The Morgan fingerprint density at radius 1 is 1.22 bits per heavy atom. The first-order chi connectivity index (χ1) is 17.8. The molecule has 0 spiro atoms. The number of hydrogen-bond acceptors (Lipinski definition) is 7. The molecule has 0 bridgehead atoms. The molecule has 0 saturated carbocycles. The van der Waals surface area contributed by atoms with Gasteiger partial charge in [-0.25, -0.2) is 8.42 Å². The van der Waals surface area contributed by atoms with Crippen molar-refractivity contribution in [2.24, 2.45) is 0 Å². The van der Waals surface area contributed by atoms with Gasteiger partial charge in [0.05, 0.1) is 31.8 Å². The minimum atomic E-state index is -3.89. The normalized spacial score (nSPS) is 17.4. The van der Waals surface area contributed by atoms with Crippen LogP contribution in [0.15, 0.2) is 69.7 Å². The number of aliphatic hydroxyl groups is 1. The molecule has 3 rings (SSSR count). The summed E-state index contributed by atoms with van der Waals surface area (Å²) in [6.45, 7) is -0.465. The highest BCUT2D eigenvalue weighted by molar-refractivity contribution is 9.10. The van der Waals surface area contributed by atoms with Gasteiger partial charge in [0.2, 0.25) is 16.3 Å². The summed E-state index contributed by atoms with van der Waals surface area (Å²) in [5, 5.41) is 12.0. The van der Waals surface area contributed by atoms with Crippen LogP contribution in [0, 0.1) is 12.3 Å². The fourth-order valence-corrected chi connectivity index (χ4v) is 5.40. The number of nitrogens with zero attached hydrogens (tertiary/aromatic N) is 1. The molecular formula is C26H29BrN2O7S. The van der Waals surface area contributed by atoms with Crippen molar-refractivity contribution >= 4 is 31.9 Å². The van der Waals surface area contributed by atoms with Crippen molar-refractivity contribution < 1.29 is 32.5 Å². The number of rotatable bonds is 12. The van der Waals surface area contributed by atoms with Crippen molar-refractivity contribution in [2.45, 2.75) is 23.5 Å². The fourth-order valence-electron chi connectivity index (χ4n) is 3.73. The van der Waals surface area contributed by atoms with E-state index < -0.39 is 22.2 Å². The topological polar surface area (TPSA) is 114 Å². The van der Waals surface area contributed by atoms with E-state index >= 15 is 0 Å². The third-order valence-corrected chi connectivity index (χ3v) is 8.06. The third kappa shape index (κ3) is 7.80. The van der Waals surface area contributed by atoms with Crippen LogP contribution in [0.4, 0.5) is 0 Å². The molecule has 198 valence electrons. The molecule has 0 aliphatic carbocycles. The van der Waals surface area contributed by atoms with Gasteiger partial charge in [-0.15, -0.1) is 6.42 Å². The Bertz CT molecular complexity index is 1230. The number of aliphatic hydroxyl groups excluding tert-OH is 1. The summed E-state index contributed by atoms with van der Waals surface area (Å²) in [5.74, 6) is 2.33. The molecule has 37 heavy (non-hydrogen) atoms. The molecule has 0 saturated heterocycles. The second kappa shape index (κ2) is 13.6. The zero-order valence-electron chi connectivity index (χ0n) is 20.3. The van der Waals surface area contributed by atoms with Gasteiger partial charge in [-0.3, -0.25) is 4.79 Å². The Hall–Kier alpha value is -2.88. The maximum absolute atomic E-state index is 13.1. The Balaban J connectivity index is 1.71. The standard InChI is InChI=1S/C26H29BrN2O7S/c1-3-12-28-26(31)24-17-20(19-4-6-21(27)7-5-19)18-25(36-24)35-16-14-29(13-15-30)37(32,33)23-10-8-22(34-2)9-11-23/h1,4-11,17,20,25,30H,12-16,18H2,2H3,(H,28,31)/t20-,25+/m1/s1. The van der Waals surface area contributed by atoms with Crippen molar-refractivity contribution in [3.63, 3.8) is 0 Å². The Labute approximate surface area is 225 Å². The number of sulfonamides is 1. The van der Waals surface area contributed by atoms with Gasteiger partial charge < -0.3 is 24.6 Å². The maximum Gasteiger partial charge on any atom is 0.286 e. The summed E-state index contributed by atoms with van der Waals surface area (Å²) in [6, 6.07) is 13.7. The van der Waals surface area contributed by atoms with Crippen LogP contribution < -0.4 is 10.1 Å². The fraction of sp³-hybridized carbons (Fsp3) is 0.346. The van der Waals surface area contributed by atoms with Crippen LogP contribution in [0.1, 0.15) is 17.9 Å². The first-order valence-corrected chi connectivity index (χ1v) is 13.7. The molecular weight excluding hydrogens is 564 g/mol. The lowest BCUT2D eigenvalue weighted by Crippen LogP contribution is -2.38. The molecule has 1 amide bonds. The zero-order chi connectivity index (χ0) is 26.8. The predicted octanol–water partition coefficient (Wildman–Crippen LogP) is 2.62. The second-order valence-corrected chi connectivity index (χ2v) is 10.9. The van der Waals surface area contributed by atoms with Crippen LogP contribution in [0.5, 0.6) is 5.75 Å². The highest BCUT2D eigenvalue weighted by Gasteiger charge is 2.30. The second-order valence-electron chi connectivity index (χ2n) is 8.03. The van der Waals surface area contributed by atoms with E-state index in [-0.39, 0.29) is 49.4 Å². The van der Waals surface area contributed by atoms with Crippen molar-refractivity contribution in [2.75, 3.05) is 40.0 Å². The van der Waals surface area contributed by atoms with Crippen LogP contribution in [0.3, 0.4) is 0 Å². The Morgan fingerprint density at radius 2 is 1.92 bits per heavy atom. The molecule has 0 fully saturated rings. The molecule has 2 aromatic carbocycles. The molecule has 9 nitrogen and oxygen atoms in total. The molecule has 1 aliphatic rings. The van der Waals surface area contributed by atoms with E-state index in [9.17, 15) is 18.3 Å². The number of methoxy groups -OCH3 is 1. The molecule has 0 unspecified atom stereocenters. The molecule has 2 aromatic rings. The molecule has 11 heteroatoms. The molecule has 2 atom stereocenters. The highest BCUT2D eigenvalue weighted by atomic mass is 79.9. The molecule has 1 heterocycles. The average Bonchev–Trinajstić information content (AvgIpc) is 2.91. The number of amides is 1. The minimum absolute atomic E-state index is 0.0215. The van der Waals surface area contributed by atoms with Gasteiger partial charge in [-0.1, -0.05) is 34.0 Å². The first-order valence-electron chi connectivity index (χ1n) is 11.5. The average molecular weight is 593 g/mol. The van der Waals surface area contributed by atoms with Gasteiger partial charge in [0, 0.05) is 29.9 Å². The highest BCUT2D eigenvalue weighted by Crippen LogP contribution is 2.32. The number of nitrogens with one attached hydrogen (secondary N) is 1. The smallest absolute Gasteiger partial charge is 0.286 e. The number of halogens is 1. The van der Waals surface area contributed by atoms with E-state index in [1.54, 1.807) is 18.2 Å². The van der Waals surface area contributed by atoms with Gasteiger partial charge in [0.1, 0.15) is 5.75 Å². The minimum Gasteiger partial charge on any atom is -0.497 e. The summed E-state index contributed by atoms with van der Waals surface area (Å²) < 4.78 is 45.0. The summed E-state index contributed by atoms with van der Waals surface area (Å²) in [4.78, 5) is 12.6. The zero-order valence-corrected chi connectivity index (χ0v) is 22.7. The summed E-state index contributed by atoms with van der Waals surface area (Å²) >= 11 is 3.42. The summed E-state index contributed by atoms with van der Waals surface area (Å²) in [6.07, 6.45) is 6.58. The number of carbonyl (C=O) groups is 1. The number of allylic oxidation sites excluding steroid dienone is 1. The van der Waals surface area contributed by atoms with Crippen molar-refractivity contribution in [3.8, 4) is 18.1 Å². The largest absolute Gasteiger partial charge is 0.497 e. The molecule has 0 radical (unpaired) electrons. The first kappa shape index (κ1) is 28.7. The maximum atomic E-state index is 13.1. The van der Waals surface area contributed by atoms with Crippen molar-refractivity contribution in [1.82, 2.24) is 9.62 Å². The van der Waals surface area contributed by atoms with Crippen molar-refractivity contribution in [3.05, 3.63) is 70.4 Å². The van der Waals surface area contributed by atoms with Crippen LogP contribution in [-0.2, 0) is 24.3 Å². The molecule has 1 aliphatic heterocycles. The van der Waals surface area contributed by atoms with Gasteiger partial charge in [-0.2, -0.15) is 4.31 Å². The SMILES string of the molecule is C#CCNC(=O)C1=C[C@@H](c2ccc(Br)cc2)C[C@@H](OCCN(CCO)S(=O)(=O)c2ccc(OC)cc2)O1. The van der Waals surface area contributed by atoms with Crippen LogP contribution >= 0.6 is 15.9 Å². The lowest BCUT2D eigenvalue weighted by atomic mass is 9.93. The lowest BCUT2D eigenvalue weighted by Gasteiger charge is -2.30. The van der Waals surface area contributed by atoms with E-state index in [4.69, 9.17) is 20.6 Å². The summed E-state index contributed by atoms with van der Waals surface area (Å²) in [7, 11) is -2.39. The van der Waals surface area contributed by atoms with E-state index in [1.807, 2.05) is 24.3 Å². The number of hydrogen-bond donors (Lipinski definition) is 2. The predicted molar refractivity (Wildman–Crippen MR) is 141 cm³/mol. The Kier molecular flexibility index (Phi) is 10.5. The molecule has 2 N–H and O–H groups in total. The van der Waals surface area contributed by atoms with Gasteiger partial charge in [0.15, 0.2) is 5.76 Å². The van der Waals surface area contributed by atoms with Gasteiger partial charge >= 0.3 is 0 Å². The monoisotopic (exact) mass is 592 g/mol. The summed E-state index contributed by atoms with van der Waals surface area (Å²) in [5.41, 5.74) is 0.964. The number of ether oxygens (including phenoxy) is 3. The van der Waals surface area contributed by atoms with E-state index in [0.717, 1.165) is 14.3 Å². The lowest BCUT2D eigenvalue weighted by molar-refractivity contribution is -0.146. The van der Waals surface area contributed by atoms with Crippen molar-refractivity contribution in [1.29, 1.82) is 0 Å². The van der Waals surface area contributed by atoms with E-state index in [2.05, 4.69) is 27.2 Å². The van der Waals surface area contributed by atoms with E-state index in [0.29, 0.717) is 12.2 Å². The number of benzene rings is 2. The quantitative estimate of drug-likeness (QED) is 0.364. The molecule has 0 aromatic heterocycles. The third-order valence-electron chi connectivity index (χ3n) is 5.62. The van der Waals surface area contributed by atoms with Gasteiger partial charge in [0.25, 0.3) is 5.91 Å².